The molecule has 1 saturated heterocycles. The number of thiophene rings is 1. The number of alkyl carbamates (subject to hydrolysis) is 1. The number of ether oxygens (including phenoxy) is 2. The monoisotopic (exact) mass is 762 g/mol. The Hall–Kier alpha value is -4.57. The molecule has 3 N–H and O–H groups in total. The number of benzene rings is 1. The second kappa shape index (κ2) is 14.3. The molecule has 280 valence electrons. The molecule has 0 unspecified atom stereocenters. The summed E-state index contributed by atoms with van der Waals surface area (Å²) in [5.74, 6) is -2.03. The summed E-state index contributed by atoms with van der Waals surface area (Å²) in [5.41, 5.74) is 0.334. The van der Waals surface area contributed by atoms with Crippen molar-refractivity contribution in [2.75, 3.05) is 6.54 Å². The zero-order valence-corrected chi connectivity index (χ0v) is 30.7. The summed E-state index contributed by atoms with van der Waals surface area (Å²) in [5, 5.41) is 6.96. The number of carbonyl (C=O) groups excluding carboxylic acids is 4. The molecular formula is C37H42N6O8S2. The molecule has 5 aliphatic rings. The van der Waals surface area contributed by atoms with E-state index in [1.807, 2.05) is 53.9 Å². The van der Waals surface area contributed by atoms with Gasteiger partial charge in [0.2, 0.25) is 27.7 Å². The molecule has 4 heterocycles. The maximum atomic E-state index is 14.5. The van der Waals surface area contributed by atoms with Crippen molar-refractivity contribution in [3.8, 4) is 16.5 Å². The summed E-state index contributed by atoms with van der Waals surface area (Å²) in [6.07, 6.45) is 8.31. The smallest absolute Gasteiger partial charge is 0.408 e. The van der Waals surface area contributed by atoms with E-state index in [-0.39, 0.29) is 31.4 Å². The summed E-state index contributed by atoms with van der Waals surface area (Å²) in [7, 11) is -3.89. The molecule has 16 heteroatoms. The predicted octanol–water partition coefficient (Wildman–Crippen LogP) is 3.97. The number of amides is 4. The van der Waals surface area contributed by atoms with E-state index in [0.717, 1.165) is 30.6 Å². The lowest BCUT2D eigenvalue weighted by molar-refractivity contribution is -0.141. The van der Waals surface area contributed by atoms with Gasteiger partial charge in [-0.15, -0.1) is 11.3 Å². The Balaban J connectivity index is 1.11. The molecule has 53 heavy (non-hydrogen) atoms. The van der Waals surface area contributed by atoms with Crippen LogP contribution >= 0.6 is 11.3 Å². The van der Waals surface area contributed by atoms with Crippen LogP contribution in [0, 0.1) is 5.92 Å². The summed E-state index contributed by atoms with van der Waals surface area (Å²) >= 11 is 1.48. The number of hydrogen-bond donors (Lipinski definition) is 3. The Labute approximate surface area is 311 Å². The number of allylic oxidation sites excluding steroid dienone is 1. The van der Waals surface area contributed by atoms with Crippen LogP contribution in [0.5, 0.6) is 5.88 Å². The molecule has 5 atom stereocenters. The van der Waals surface area contributed by atoms with Crippen LogP contribution in [0.1, 0.15) is 70.6 Å². The van der Waals surface area contributed by atoms with Crippen molar-refractivity contribution in [2.45, 2.75) is 106 Å². The average Bonchev–Trinajstić information content (AvgIpc) is 4.10. The van der Waals surface area contributed by atoms with Gasteiger partial charge in [-0.05, 0) is 74.9 Å². The minimum atomic E-state index is -3.89. The molecule has 2 aromatic heterocycles. The largest absolute Gasteiger partial charge is 0.471 e. The second-order valence-corrected chi connectivity index (χ2v) is 17.5. The molecule has 2 aliphatic heterocycles. The van der Waals surface area contributed by atoms with E-state index >= 15 is 0 Å². The van der Waals surface area contributed by atoms with Crippen LogP contribution in [0.2, 0.25) is 0 Å². The van der Waals surface area contributed by atoms with E-state index in [2.05, 4.69) is 15.4 Å². The number of sulfonamides is 1. The first-order valence-electron chi connectivity index (χ1n) is 18.4. The summed E-state index contributed by atoms with van der Waals surface area (Å²) < 4.78 is 39.9. The van der Waals surface area contributed by atoms with Gasteiger partial charge in [-0.1, -0.05) is 43.2 Å². The fourth-order valence-electron chi connectivity index (χ4n) is 7.16. The number of rotatable bonds is 8. The van der Waals surface area contributed by atoms with E-state index in [1.165, 1.54) is 16.2 Å². The molecule has 0 radical (unpaired) electrons. The predicted molar refractivity (Wildman–Crippen MR) is 195 cm³/mol. The van der Waals surface area contributed by atoms with E-state index in [4.69, 9.17) is 19.4 Å². The van der Waals surface area contributed by atoms with Crippen molar-refractivity contribution in [1.82, 2.24) is 30.2 Å². The highest BCUT2D eigenvalue weighted by Gasteiger charge is 2.62. The lowest BCUT2D eigenvalue weighted by atomic mass is 10.1. The van der Waals surface area contributed by atoms with Gasteiger partial charge in [0, 0.05) is 12.3 Å². The summed E-state index contributed by atoms with van der Waals surface area (Å²) in [6.45, 7) is -0.0102. The number of nitrogens with one attached hydrogen (secondary N) is 3. The molecule has 4 fully saturated rings. The van der Waals surface area contributed by atoms with Crippen molar-refractivity contribution >= 4 is 56.2 Å². The van der Waals surface area contributed by atoms with Gasteiger partial charge in [-0.2, -0.15) is 0 Å². The highest BCUT2D eigenvalue weighted by molar-refractivity contribution is 7.91. The Morgan fingerprint density at radius 1 is 0.962 bits per heavy atom. The van der Waals surface area contributed by atoms with Crippen LogP contribution in [0.25, 0.3) is 21.6 Å². The van der Waals surface area contributed by atoms with E-state index in [0.29, 0.717) is 48.8 Å². The number of carbonyl (C=O) groups is 4. The molecule has 14 nitrogen and oxygen atoms in total. The van der Waals surface area contributed by atoms with Crippen LogP contribution in [-0.4, -0.2) is 88.7 Å². The Kier molecular flexibility index (Phi) is 9.60. The minimum absolute atomic E-state index is 0.0102. The zero-order chi connectivity index (χ0) is 36.7. The fraction of sp³-hybridized carbons (Fsp3) is 0.514. The van der Waals surface area contributed by atoms with E-state index < -0.39 is 68.7 Å². The molecule has 3 saturated carbocycles. The highest BCUT2D eigenvalue weighted by atomic mass is 32.2. The number of hydrogen-bond acceptors (Lipinski definition) is 11. The SMILES string of the molecule is O=C(N[C@H]1CCCCC/C=C\[C@@H]2C[C@@]2(C(=O)NS(=O)(=O)C2CC2)NC(=O)[C@@H]2C[C@@H](Oc3nc4ccccc4nc3-c3cccs3)CN2C1=O)OC1CC1. The van der Waals surface area contributed by atoms with Gasteiger partial charge in [0.15, 0.2) is 0 Å². The van der Waals surface area contributed by atoms with Gasteiger partial charge in [0.25, 0.3) is 5.91 Å². The van der Waals surface area contributed by atoms with Crippen LogP contribution < -0.4 is 20.1 Å². The van der Waals surface area contributed by atoms with Crippen LogP contribution in [0.15, 0.2) is 53.9 Å². The maximum absolute atomic E-state index is 14.5. The van der Waals surface area contributed by atoms with E-state index in [9.17, 15) is 27.6 Å². The van der Waals surface area contributed by atoms with Gasteiger partial charge in [-0.25, -0.2) is 23.2 Å². The average molecular weight is 763 g/mol. The molecule has 3 aromatic rings. The fourth-order valence-corrected chi connectivity index (χ4v) is 9.23. The van der Waals surface area contributed by atoms with Crippen molar-refractivity contribution in [1.29, 1.82) is 0 Å². The van der Waals surface area contributed by atoms with E-state index in [1.54, 1.807) is 0 Å². The molecule has 4 amide bonds. The third kappa shape index (κ3) is 7.74. The zero-order valence-electron chi connectivity index (χ0n) is 29.1. The first kappa shape index (κ1) is 35.5. The lowest BCUT2D eigenvalue weighted by Gasteiger charge is -2.29. The van der Waals surface area contributed by atoms with Crippen molar-refractivity contribution in [2.24, 2.45) is 5.92 Å². The summed E-state index contributed by atoms with van der Waals surface area (Å²) in [6, 6.07) is 9.17. The molecule has 0 bridgehead atoms. The Bertz CT molecular complexity index is 2050. The number of fused-ring (bicyclic) bond motifs is 3. The maximum Gasteiger partial charge on any atom is 0.408 e. The van der Waals surface area contributed by atoms with Crippen molar-refractivity contribution < 1.29 is 37.1 Å². The second-order valence-electron chi connectivity index (χ2n) is 14.6. The number of para-hydroxylation sites is 2. The molecule has 3 aliphatic carbocycles. The van der Waals surface area contributed by atoms with Gasteiger partial charge < -0.3 is 25.0 Å². The van der Waals surface area contributed by atoms with Gasteiger partial charge in [0.1, 0.15) is 35.5 Å². The quantitative estimate of drug-likeness (QED) is 0.284. The molecular weight excluding hydrogens is 721 g/mol. The molecule has 1 aromatic carbocycles. The lowest BCUT2D eigenvalue weighted by Crippen LogP contribution is -2.58. The normalized spacial score (nSPS) is 28.4. The third-order valence-corrected chi connectivity index (χ3v) is 13.2. The van der Waals surface area contributed by atoms with Crippen LogP contribution in [-0.2, 0) is 29.1 Å². The first-order chi connectivity index (χ1) is 25.6. The van der Waals surface area contributed by atoms with Gasteiger partial charge in [-0.3, -0.25) is 19.1 Å². The summed E-state index contributed by atoms with van der Waals surface area (Å²) in [4.78, 5) is 67.3. The Morgan fingerprint density at radius 3 is 2.49 bits per heavy atom. The van der Waals surface area contributed by atoms with Crippen LogP contribution in [0.4, 0.5) is 4.79 Å². The highest BCUT2D eigenvalue weighted by Crippen LogP contribution is 2.46. The first-order valence-corrected chi connectivity index (χ1v) is 20.8. The molecule has 0 spiro atoms. The van der Waals surface area contributed by atoms with Crippen molar-refractivity contribution in [3.63, 3.8) is 0 Å². The van der Waals surface area contributed by atoms with Gasteiger partial charge in [0.05, 0.1) is 27.7 Å². The number of aromatic nitrogens is 2. The number of nitrogens with zero attached hydrogens (tertiary/aromatic N) is 3. The third-order valence-electron chi connectivity index (χ3n) is 10.5. The van der Waals surface area contributed by atoms with Gasteiger partial charge >= 0.3 is 6.09 Å². The Morgan fingerprint density at radius 2 is 1.75 bits per heavy atom. The standard InChI is InChI=1S/C37H42N6O8S2/c44-32-29-19-24(50-33-31(30-13-8-18-52-30)38-26-10-6-7-11-27(26)39-33)21-43(29)34(45)28(40-36(47)51-23-14-15-23)12-5-3-1-2-4-9-22-20-37(22,41-32)35(46)42-53(48,49)25-16-17-25/h4,6-11,13,18,22-25,28-29H,1-3,5,12,14-17,19-21H2,(H,40,47)(H,41,44)(H,42,46)/b9-4-/t22-,24-,28+,29+,37-/m1/s1. The minimum Gasteiger partial charge on any atom is -0.471 e. The van der Waals surface area contributed by atoms with Crippen LogP contribution in [0.3, 0.4) is 0 Å². The topological polar surface area (TPSA) is 186 Å². The molecule has 8 rings (SSSR count). The van der Waals surface area contributed by atoms with Crippen molar-refractivity contribution in [3.05, 3.63) is 53.9 Å².